The third-order valence-electron chi connectivity index (χ3n) is 4.61. The largest absolute Gasteiger partial charge is 0.493 e. The first-order chi connectivity index (χ1) is 12.6. The number of benzene rings is 1. The van der Waals surface area contributed by atoms with Crippen LogP contribution in [0.4, 0.5) is 0 Å². The molecule has 7 heteroatoms. The Kier molecular flexibility index (Phi) is 5.55. The summed E-state index contributed by atoms with van der Waals surface area (Å²) in [6.45, 7) is 0.960. The third-order valence-corrected chi connectivity index (χ3v) is 4.61. The highest BCUT2D eigenvalue weighted by Gasteiger charge is 2.30. The second-order valence-corrected chi connectivity index (χ2v) is 6.34. The SMILES string of the molecule is COc1ccccc1OCC(=O)N1CCC[C@@H](C(=O)c2nccn2C)C1. The van der Waals surface area contributed by atoms with E-state index in [1.165, 1.54) is 0 Å². The molecule has 0 aliphatic carbocycles. The van der Waals surface area contributed by atoms with Crippen molar-refractivity contribution in [2.45, 2.75) is 12.8 Å². The Labute approximate surface area is 152 Å². The van der Waals surface area contributed by atoms with Gasteiger partial charge in [0.1, 0.15) is 0 Å². The monoisotopic (exact) mass is 357 g/mol. The molecule has 1 aliphatic rings. The maximum Gasteiger partial charge on any atom is 0.260 e. The predicted octanol–water partition coefficient (Wildman–Crippen LogP) is 1.93. The molecule has 0 spiro atoms. The number of likely N-dealkylation sites (tertiary alicyclic amines) is 1. The zero-order valence-corrected chi connectivity index (χ0v) is 15.1. The second-order valence-electron chi connectivity index (χ2n) is 6.34. The molecule has 1 aliphatic heterocycles. The lowest BCUT2D eigenvalue weighted by Gasteiger charge is -2.31. The molecule has 0 radical (unpaired) electrons. The number of Topliss-reactive ketones (excluding diaryl/α,β-unsaturated/α-hetero) is 1. The van der Waals surface area contributed by atoms with Gasteiger partial charge in [-0.3, -0.25) is 9.59 Å². The van der Waals surface area contributed by atoms with Crippen LogP contribution in [0.15, 0.2) is 36.7 Å². The average molecular weight is 357 g/mol. The molecular weight excluding hydrogens is 334 g/mol. The second kappa shape index (κ2) is 8.03. The van der Waals surface area contributed by atoms with E-state index in [0.717, 1.165) is 12.8 Å². The van der Waals surface area contributed by atoms with E-state index >= 15 is 0 Å². The quantitative estimate of drug-likeness (QED) is 0.739. The summed E-state index contributed by atoms with van der Waals surface area (Å²) < 4.78 is 12.5. The van der Waals surface area contributed by atoms with Gasteiger partial charge in [-0.25, -0.2) is 4.98 Å². The van der Waals surface area contributed by atoms with Crippen LogP contribution >= 0.6 is 0 Å². The van der Waals surface area contributed by atoms with E-state index in [1.807, 2.05) is 12.1 Å². The van der Waals surface area contributed by atoms with E-state index in [1.54, 1.807) is 48.2 Å². The van der Waals surface area contributed by atoms with E-state index in [2.05, 4.69) is 4.98 Å². The fourth-order valence-electron chi connectivity index (χ4n) is 3.17. The van der Waals surface area contributed by atoms with Crippen LogP contribution in [0.3, 0.4) is 0 Å². The van der Waals surface area contributed by atoms with Crippen molar-refractivity contribution in [1.29, 1.82) is 0 Å². The van der Waals surface area contributed by atoms with Crippen molar-refractivity contribution < 1.29 is 19.1 Å². The van der Waals surface area contributed by atoms with Crippen molar-refractivity contribution in [3.8, 4) is 11.5 Å². The molecule has 1 saturated heterocycles. The van der Waals surface area contributed by atoms with E-state index in [0.29, 0.717) is 30.4 Å². The van der Waals surface area contributed by atoms with Crippen molar-refractivity contribution >= 4 is 11.7 Å². The van der Waals surface area contributed by atoms with Crippen LogP contribution in [0.2, 0.25) is 0 Å². The number of carbonyl (C=O) groups excluding carboxylic acids is 2. The Hall–Kier alpha value is -2.83. The molecule has 3 rings (SSSR count). The minimum absolute atomic E-state index is 0.0133. The molecule has 1 amide bonds. The maximum absolute atomic E-state index is 12.6. The number of carbonyl (C=O) groups is 2. The number of ether oxygens (including phenoxy) is 2. The molecule has 7 nitrogen and oxygen atoms in total. The van der Waals surface area contributed by atoms with Gasteiger partial charge in [-0.05, 0) is 25.0 Å². The van der Waals surface area contributed by atoms with Crippen molar-refractivity contribution in [1.82, 2.24) is 14.5 Å². The number of nitrogens with zero attached hydrogens (tertiary/aromatic N) is 3. The molecule has 2 heterocycles. The Morgan fingerprint density at radius 1 is 1.27 bits per heavy atom. The average Bonchev–Trinajstić information content (AvgIpc) is 3.11. The molecule has 1 aromatic carbocycles. The molecule has 0 N–H and O–H groups in total. The first-order valence-corrected chi connectivity index (χ1v) is 8.65. The van der Waals surface area contributed by atoms with Gasteiger partial charge in [0.25, 0.3) is 5.91 Å². The number of piperidine rings is 1. The van der Waals surface area contributed by atoms with Crippen LogP contribution in [-0.2, 0) is 11.8 Å². The Balaban J connectivity index is 1.59. The lowest BCUT2D eigenvalue weighted by molar-refractivity contribution is -0.134. The van der Waals surface area contributed by atoms with Gasteiger partial charge in [-0.2, -0.15) is 0 Å². The topological polar surface area (TPSA) is 73.7 Å². The molecule has 0 saturated carbocycles. The molecule has 0 bridgehead atoms. The highest BCUT2D eigenvalue weighted by molar-refractivity contribution is 5.95. The van der Waals surface area contributed by atoms with E-state index in [-0.39, 0.29) is 24.2 Å². The van der Waals surface area contributed by atoms with Crippen LogP contribution in [0.25, 0.3) is 0 Å². The summed E-state index contributed by atoms with van der Waals surface area (Å²) in [5.41, 5.74) is 0. The van der Waals surface area contributed by atoms with Crippen LogP contribution in [0.1, 0.15) is 23.5 Å². The number of para-hydroxylation sites is 2. The number of methoxy groups -OCH3 is 1. The van der Waals surface area contributed by atoms with Gasteiger partial charge in [0.05, 0.1) is 7.11 Å². The molecule has 1 fully saturated rings. The van der Waals surface area contributed by atoms with E-state index < -0.39 is 0 Å². The Morgan fingerprint density at radius 3 is 2.73 bits per heavy atom. The van der Waals surface area contributed by atoms with Crippen LogP contribution < -0.4 is 9.47 Å². The number of aryl methyl sites for hydroxylation is 1. The summed E-state index contributed by atoms with van der Waals surface area (Å²) in [5, 5.41) is 0. The van der Waals surface area contributed by atoms with Crippen LogP contribution in [0, 0.1) is 5.92 Å². The molecule has 26 heavy (non-hydrogen) atoms. The lowest BCUT2D eigenvalue weighted by Crippen LogP contribution is -2.44. The zero-order chi connectivity index (χ0) is 18.5. The third kappa shape index (κ3) is 3.87. The lowest BCUT2D eigenvalue weighted by atomic mass is 9.93. The Bertz CT molecular complexity index is 787. The number of ketones is 1. The molecule has 0 unspecified atom stereocenters. The summed E-state index contributed by atoms with van der Waals surface area (Å²) in [5.74, 6) is 1.19. The fraction of sp³-hybridized carbons (Fsp3) is 0.421. The number of aromatic nitrogens is 2. The first-order valence-electron chi connectivity index (χ1n) is 8.65. The van der Waals surface area contributed by atoms with E-state index in [9.17, 15) is 9.59 Å². The summed E-state index contributed by atoms with van der Waals surface area (Å²) in [6, 6.07) is 7.20. The highest BCUT2D eigenvalue weighted by atomic mass is 16.5. The van der Waals surface area contributed by atoms with Gasteiger partial charge >= 0.3 is 0 Å². The fourth-order valence-corrected chi connectivity index (χ4v) is 3.17. The van der Waals surface area contributed by atoms with Gasteiger partial charge in [-0.15, -0.1) is 0 Å². The number of imidazole rings is 1. The minimum atomic E-state index is -0.222. The van der Waals surface area contributed by atoms with Gasteiger partial charge in [-0.1, -0.05) is 12.1 Å². The number of hydrogen-bond donors (Lipinski definition) is 0. The van der Waals surface area contributed by atoms with Crippen molar-refractivity contribution in [2.75, 3.05) is 26.8 Å². The molecular formula is C19H23N3O4. The molecule has 138 valence electrons. The molecule has 1 aromatic heterocycles. The van der Waals surface area contributed by atoms with Gasteiger partial charge in [0.2, 0.25) is 5.78 Å². The van der Waals surface area contributed by atoms with Crippen molar-refractivity contribution in [3.63, 3.8) is 0 Å². The standard InChI is InChI=1S/C19H23N3O4/c1-21-11-9-20-19(21)18(24)14-6-5-10-22(12-14)17(23)13-26-16-8-4-3-7-15(16)25-2/h3-4,7-9,11,14H,5-6,10,12-13H2,1-2H3/t14-/m1/s1. The van der Waals surface area contributed by atoms with E-state index in [4.69, 9.17) is 9.47 Å². The summed E-state index contributed by atoms with van der Waals surface area (Å²) >= 11 is 0. The normalized spacial score (nSPS) is 17.0. The first kappa shape index (κ1) is 18.0. The summed E-state index contributed by atoms with van der Waals surface area (Å²) in [4.78, 5) is 31.0. The Morgan fingerprint density at radius 2 is 2.04 bits per heavy atom. The number of hydrogen-bond acceptors (Lipinski definition) is 5. The molecule has 2 aromatic rings. The predicted molar refractivity (Wildman–Crippen MR) is 95.3 cm³/mol. The number of amides is 1. The smallest absolute Gasteiger partial charge is 0.260 e. The maximum atomic E-state index is 12.6. The molecule has 1 atom stereocenters. The van der Waals surface area contributed by atoms with Crippen LogP contribution in [-0.4, -0.2) is 52.9 Å². The van der Waals surface area contributed by atoms with Gasteiger partial charge in [0.15, 0.2) is 23.9 Å². The number of rotatable bonds is 6. The minimum Gasteiger partial charge on any atom is -0.493 e. The van der Waals surface area contributed by atoms with Crippen molar-refractivity contribution in [2.24, 2.45) is 13.0 Å². The zero-order valence-electron chi connectivity index (χ0n) is 15.1. The van der Waals surface area contributed by atoms with Gasteiger partial charge < -0.3 is 18.9 Å². The van der Waals surface area contributed by atoms with Crippen molar-refractivity contribution in [3.05, 3.63) is 42.5 Å². The summed E-state index contributed by atoms with van der Waals surface area (Å²) in [7, 11) is 3.36. The summed E-state index contributed by atoms with van der Waals surface area (Å²) in [6.07, 6.45) is 4.92. The highest BCUT2D eigenvalue weighted by Crippen LogP contribution is 2.26. The van der Waals surface area contributed by atoms with Crippen LogP contribution in [0.5, 0.6) is 11.5 Å². The van der Waals surface area contributed by atoms with Gasteiger partial charge in [0, 0.05) is 38.4 Å².